The van der Waals surface area contributed by atoms with E-state index in [-0.39, 0.29) is 29.2 Å². The van der Waals surface area contributed by atoms with Crippen molar-refractivity contribution in [1.82, 2.24) is 4.98 Å². The number of aryl methyl sites for hydroxylation is 1. The number of thioether (sulfide) groups is 1. The van der Waals surface area contributed by atoms with E-state index in [4.69, 9.17) is 4.74 Å². The molecule has 6 heteroatoms. The number of pyridine rings is 1. The predicted octanol–water partition coefficient (Wildman–Crippen LogP) is 2.90. The summed E-state index contributed by atoms with van der Waals surface area (Å²) in [6.45, 7) is 2.17. The third kappa shape index (κ3) is 4.71. The molecular formula is C20H21NO4S. The molecular weight excluding hydrogens is 350 g/mol. The summed E-state index contributed by atoms with van der Waals surface area (Å²) in [6.07, 6.45) is 2.47. The molecule has 0 saturated carbocycles. The fourth-order valence-corrected chi connectivity index (χ4v) is 3.75. The molecule has 1 aliphatic heterocycles. The van der Waals surface area contributed by atoms with Crippen LogP contribution >= 0.6 is 11.8 Å². The van der Waals surface area contributed by atoms with Gasteiger partial charge in [0.1, 0.15) is 18.5 Å². The van der Waals surface area contributed by atoms with Crippen LogP contribution in [0.2, 0.25) is 0 Å². The third-order valence-corrected chi connectivity index (χ3v) is 5.42. The van der Waals surface area contributed by atoms with Crippen LogP contribution in [0, 0.1) is 0 Å². The first kappa shape index (κ1) is 18.6. The van der Waals surface area contributed by atoms with Crippen LogP contribution in [-0.4, -0.2) is 32.8 Å². The average Bonchev–Trinajstić information content (AvgIpc) is 2.98. The lowest BCUT2D eigenvalue weighted by Gasteiger charge is -2.13. The SMILES string of the molecule is CCc1ccc([C@H](O)COc2ccc(CC3SC(=O)CC3=O)cc2)nc1. The monoisotopic (exact) mass is 371 g/mol. The summed E-state index contributed by atoms with van der Waals surface area (Å²) in [7, 11) is 0. The van der Waals surface area contributed by atoms with Crippen molar-refractivity contribution >= 4 is 22.7 Å². The maximum Gasteiger partial charge on any atom is 0.197 e. The van der Waals surface area contributed by atoms with E-state index in [0.29, 0.717) is 17.9 Å². The van der Waals surface area contributed by atoms with Crippen molar-refractivity contribution in [1.29, 1.82) is 0 Å². The molecule has 3 rings (SSSR count). The quantitative estimate of drug-likeness (QED) is 0.754. The van der Waals surface area contributed by atoms with Crippen LogP contribution in [0.1, 0.15) is 36.3 Å². The molecule has 2 aromatic rings. The van der Waals surface area contributed by atoms with Crippen LogP contribution in [0.5, 0.6) is 5.75 Å². The maximum absolute atomic E-state index is 11.7. The molecule has 1 aromatic carbocycles. The van der Waals surface area contributed by atoms with E-state index < -0.39 is 6.10 Å². The van der Waals surface area contributed by atoms with E-state index in [1.807, 2.05) is 36.4 Å². The zero-order valence-corrected chi connectivity index (χ0v) is 15.4. The molecule has 1 aliphatic rings. The number of Topliss-reactive ketones (excluding diaryl/α,β-unsaturated/α-hetero) is 1. The molecule has 1 N–H and O–H groups in total. The number of nitrogens with zero attached hydrogens (tertiary/aromatic N) is 1. The van der Waals surface area contributed by atoms with Gasteiger partial charge in [-0.2, -0.15) is 0 Å². The minimum Gasteiger partial charge on any atom is -0.490 e. The second-order valence-electron chi connectivity index (χ2n) is 6.24. The van der Waals surface area contributed by atoms with Crippen LogP contribution in [-0.2, 0) is 22.4 Å². The number of benzene rings is 1. The molecule has 1 unspecified atom stereocenters. The summed E-state index contributed by atoms with van der Waals surface area (Å²) < 4.78 is 5.63. The Morgan fingerprint density at radius 3 is 2.50 bits per heavy atom. The summed E-state index contributed by atoms with van der Waals surface area (Å²) in [5.74, 6) is 0.643. The molecule has 0 bridgehead atoms. The Bertz CT molecular complexity index is 773. The van der Waals surface area contributed by atoms with Gasteiger partial charge in [-0.25, -0.2) is 0 Å². The highest BCUT2D eigenvalue weighted by atomic mass is 32.2. The van der Waals surface area contributed by atoms with Gasteiger partial charge < -0.3 is 9.84 Å². The number of aromatic nitrogens is 1. The van der Waals surface area contributed by atoms with Gasteiger partial charge in [0.05, 0.1) is 17.4 Å². The summed E-state index contributed by atoms with van der Waals surface area (Å²) in [4.78, 5) is 27.3. The topological polar surface area (TPSA) is 76.5 Å². The van der Waals surface area contributed by atoms with E-state index in [0.717, 1.165) is 29.3 Å². The van der Waals surface area contributed by atoms with Crippen LogP contribution in [0.3, 0.4) is 0 Å². The van der Waals surface area contributed by atoms with Gasteiger partial charge in [0, 0.05) is 6.20 Å². The Labute approximate surface area is 156 Å². The first-order valence-electron chi connectivity index (χ1n) is 8.62. The zero-order valence-electron chi connectivity index (χ0n) is 14.6. The summed E-state index contributed by atoms with van der Waals surface area (Å²) in [5, 5.41) is 9.87. The van der Waals surface area contributed by atoms with Gasteiger partial charge in [0.25, 0.3) is 0 Å². The number of rotatable bonds is 7. The van der Waals surface area contributed by atoms with Gasteiger partial charge >= 0.3 is 0 Å². The molecule has 26 heavy (non-hydrogen) atoms. The van der Waals surface area contributed by atoms with Crippen molar-refractivity contribution in [3.05, 3.63) is 59.4 Å². The average molecular weight is 371 g/mol. The molecule has 1 fully saturated rings. The van der Waals surface area contributed by atoms with E-state index in [9.17, 15) is 14.7 Å². The largest absolute Gasteiger partial charge is 0.490 e. The van der Waals surface area contributed by atoms with E-state index in [2.05, 4.69) is 11.9 Å². The van der Waals surface area contributed by atoms with Crippen LogP contribution < -0.4 is 4.74 Å². The van der Waals surface area contributed by atoms with Crippen molar-refractivity contribution < 1.29 is 19.4 Å². The smallest absolute Gasteiger partial charge is 0.197 e. The Hall–Kier alpha value is -2.18. The number of carbonyl (C=O) groups is 2. The Kier molecular flexibility index (Phi) is 6.06. The fraction of sp³-hybridized carbons (Fsp3) is 0.350. The van der Waals surface area contributed by atoms with Gasteiger partial charge in [-0.05, 0) is 42.2 Å². The Morgan fingerprint density at radius 1 is 1.19 bits per heavy atom. The standard InChI is InChI=1S/C20H21NO4S/c1-2-13-5-8-16(21-11-13)18(23)12-25-15-6-3-14(4-7-15)9-19-17(22)10-20(24)26-19/h3-8,11,18-19,23H,2,9-10,12H2,1H3/t18-,19?/m1/s1. The van der Waals surface area contributed by atoms with Crippen molar-refractivity contribution in [2.75, 3.05) is 6.61 Å². The number of aliphatic hydroxyl groups is 1. The predicted molar refractivity (Wildman–Crippen MR) is 100 cm³/mol. The Balaban J connectivity index is 1.52. The molecule has 2 atom stereocenters. The van der Waals surface area contributed by atoms with Gasteiger partial charge in [-0.1, -0.05) is 36.9 Å². The molecule has 0 amide bonds. The van der Waals surface area contributed by atoms with E-state index in [1.54, 1.807) is 6.20 Å². The van der Waals surface area contributed by atoms with Crippen molar-refractivity contribution in [3.63, 3.8) is 0 Å². The second-order valence-corrected chi connectivity index (χ2v) is 7.50. The number of aliphatic hydroxyl groups excluding tert-OH is 1. The number of hydrogen-bond donors (Lipinski definition) is 1. The third-order valence-electron chi connectivity index (χ3n) is 4.30. The van der Waals surface area contributed by atoms with Crippen molar-refractivity contribution in [3.8, 4) is 5.75 Å². The van der Waals surface area contributed by atoms with Gasteiger partial charge in [0.2, 0.25) is 0 Å². The molecule has 0 aliphatic carbocycles. The molecule has 0 radical (unpaired) electrons. The van der Waals surface area contributed by atoms with E-state index >= 15 is 0 Å². The number of ether oxygens (including phenoxy) is 1. The highest BCUT2D eigenvalue weighted by Gasteiger charge is 2.31. The van der Waals surface area contributed by atoms with Gasteiger partial charge in [0.15, 0.2) is 10.9 Å². The minimum atomic E-state index is -0.792. The van der Waals surface area contributed by atoms with Crippen LogP contribution in [0.4, 0.5) is 0 Å². The van der Waals surface area contributed by atoms with Crippen LogP contribution in [0.15, 0.2) is 42.6 Å². The highest BCUT2D eigenvalue weighted by Crippen LogP contribution is 2.28. The molecule has 1 aromatic heterocycles. The van der Waals surface area contributed by atoms with Gasteiger partial charge in [-0.15, -0.1) is 0 Å². The molecule has 136 valence electrons. The molecule has 1 saturated heterocycles. The lowest BCUT2D eigenvalue weighted by atomic mass is 10.1. The number of hydrogen-bond acceptors (Lipinski definition) is 6. The zero-order chi connectivity index (χ0) is 18.5. The van der Waals surface area contributed by atoms with E-state index in [1.165, 1.54) is 0 Å². The number of carbonyl (C=O) groups excluding carboxylic acids is 2. The van der Waals surface area contributed by atoms with Crippen molar-refractivity contribution in [2.45, 2.75) is 37.5 Å². The molecule has 0 spiro atoms. The summed E-state index contributed by atoms with van der Waals surface area (Å²) in [6, 6.07) is 11.1. The minimum absolute atomic E-state index is 0.00467. The number of ketones is 1. The lowest BCUT2D eigenvalue weighted by molar-refractivity contribution is -0.121. The normalized spacial score (nSPS) is 18.2. The molecule has 2 heterocycles. The first-order valence-corrected chi connectivity index (χ1v) is 9.50. The van der Waals surface area contributed by atoms with Gasteiger partial charge in [-0.3, -0.25) is 14.6 Å². The first-order chi connectivity index (χ1) is 12.5. The van der Waals surface area contributed by atoms with Crippen LogP contribution in [0.25, 0.3) is 0 Å². The van der Waals surface area contributed by atoms with Crippen molar-refractivity contribution in [2.24, 2.45) is 0 Å². The maximum atomic E-state index is 11.7. The highest BCUT2D eigenvalue weighted by molar-refractivity contribution is 8.15. The fourth-order valence-electron chi connectivity index (χ4n) is 2.72. The second kappa shape index (κ2) is 8.47. The summed E-state index contributed by atoms with van der Waals surface area (Å²) in [5.41, 5.74) is 2.69. The lowest BCUT2D eigenvalue weighted by Crippen LogP contribution is -2.13. The Morgan fingerprint density at radius 2 is 1.92 bits per heavy atom. The molecule has 5 nitrogen and oxygen atoms in total. The summed E-state index contributed by atoms with van der Waals surface area (Å²) >= 11 is 1.13.